The molecule has 0 bridgehead atoms. The molecule has 0 spiro atoms. The van der Waals surface area contributed by atoms with Gasteiger partial charge in [-0.1, -0.05) is 0 Å². The van der Waals surface area contributed by atoms with E-state index in [0.717, 1.165) is 50.6 Å². The molecule has 1 saturated heterocycles. The van der Waals surface area contributed by atoms with Gasteiger partial charge in [-0.3, -0.25) is 0 Å². The zero-order valence-corrected chi connectivity index (χ0v) is 13.7. The zero-order chi connectivity index (χ0) is 15.3. The first-order chi connectivity index (χ1) is 9.98. The van der Waals surface area contributed by atoms with Gasteiger partial charge in [0.25, 0.3) is 0 Å². The maximum atomic E-state index is 5.67. The Morgan fingerprint density at radius 3 is 2.38 bits per heavy atom. The molecule has 0 aliphatic carbocycles. The van der Waals surface area contributed by atoms with E-state index in [-0.39, 0.29) is 5.54 Å². The van der Waals surface area contributed by atoms with Gasteiger partial charge in [-0.05, 0) is 40.5 Å². The van der Waals surface area contributed by atoms with Crippen LogP contribution in [0.3, 0.4) is 0 Å². The average Bonchev–Trinajstić information content (AvgIpc) is 2.46. The number of hydrogen-bond acceptors (Lipinski definition) is 5. The minimum Gasteiger partial charge on any atom is -0.378 e. The van der Waals surface area contributed by atoms with Crippen LogP contribution in [-0.4, -0.2) is 41.3 Å². The van der Waals surface area contributed by atoms with E-state index in [0.29, 0.717) is 6.10 Å². The predicted molar refractivity (Wildman–Crippen MR) is 85.5 cm³/mol. The van der Waals surface area contributed by atoms with E-state index in [9.17, 15) is 0 Å². The van der Waals surface area contributed by atoms with Crippen LogP contribution in [0.4, 0.5) is 5.95 Å². The van der Waals surface area contributed by atoms with Crippen LogP contribution >= 0.6 is 0 Å². The summed E-state index contributed by atoms with van der Waals surface area (Å²) in [5, 5.41) is 3.45. The van der Waals surface area contributed by atoms with Gasteiger partial charge in [-0.25, -0.2) is 9.97 Å². The molecule has 2 heterocycles. The molecule has 1 aliphatic heterocycles. The molecule has 0 amide bonds. The zero-order valence-electron chi connectivity index (χ0n) is 13.7. The number of piperidine rings is 1. The summed E-state index contributed by atoms with van der Waals surface area (Å²) >= 11 is 0. The van der Waals surface area contributed by atoms with E-state index in [1.54, 1.807) is 0 Å². The largest absolute Gasteiger partial charge is 0.378 e. The molecule has 0 atom stereocenters. The van der Waals surface area contributed by atoms with Gasteiger partial charge in [-0.15, -0.1) is 0 Å². The molecule has 1 fully saturated rings. The molecule has 1 aromatic rings. The number of nitrogens with zero attached hydrogens (tertiary/aromatic N) is 3. The highest BCUT2D eigenvalue weighted by atomic mass is 16.5. The second-order valence-corrected chi connectivity index (χ2v) is 6.64. The van der Waals surface area contributed by atoms with E-state index in [1.807, 2.05) is 12.4 Å². The number of hydrogen-bond donors (Lipinski definition) is 1. The highest BCUT2D eigenvalue weighted by molar-refractivity contribution is 5.30. The molecule has 0 aromatic carbocycles. The first-order valence-electron chi connectivity index (χ1n) is 7.90. The van der Waals surface area contributed by atoms with Crippen molar-refractivity contribution in [1.29, 1.82) is 0 Å². The van der Waals surface area contributed by atoms with Crippen LogP contribution in [-0.2, 0) is 11.3 Å². The first kappa shape index (κ1) is 16.2. The summed E-state index contributed by atoms with van der Waals surface area (Å²) in [6, 6.07) is 0. The second-order valence-electron chi connectivity index (χ2n) is 6.64. The lowest BCUT2D eigenvalue weighted by Crippen LogP contribution is -2.38. The van der Waals surface area contributed by atoms with Crippen molar-refractivity contribution in [3.05, 3.63) is 18.0 Å². The van der Waals surface area contributed by atoms with E-state index in [1.165, 1.54) is 0 Å². The highest BCUT2D eigenvalue weighted by Gasteiger charge is 2.20. The molecule has 2 rings (SSSR count). The summed E-state index contributed by atoms with van der Waals surface area (Å²) in [5.74, 6) is 0.837. The van der Waals surface area contributed by atoms with Crippen LogP contribution in [0.2, 0.25) is 0 Å². The van der Waals surface area contributed by atoms with E-state index < -0.39 is 0 Å². The summed E-state index contributed by atoms with van der Waals surface area (Å²) < 4.78 is 5.67. The summed E-state index contributed by atoms with van der Waals surface area (Å²) in [4.78, 5) is 11.3. The quantitative estimate of drug-likeness (QED) is 0.903. The Balaban J connectivity index is 1.85. The maximum Gasteiger partial charge on any atom is 0.225 e. The van der Waals surface area contributed by atoms with Crippen molar-refractivity contribution in [1.82, 2.24) is 15.3 Å². The van der Waals surface area contributed by atoms with Gasteiger partial charge in [-0.2, -0.15) is 0 Å². The molecular formula is C16H28N4O. The molecule has 5 nitrogen and oxygen atoms in total. The van der Waals surface area contributed by atoms with Crippen molar-refractivity contribution in [2.75, 3.05) is 24.6 Å². The van der Waals surface area contributed by atoms with Crippen LogP contribution in [0.5, 0.6) is 0 Å². The minimum absolute atomic E-state index is 0.111. The monoisotopic (exact) mass is 292 g/mol. The summed E-state index contributed by atoms with van der Waals surface area (Å²) in [7, 11) is 0. The van der Waals surface area contributed by atoms with Gasteiger partial charge in [0.2, 0.25) is 5.95 Å². The lowest BCUT2D eigenvalue weighted by molar-refractivity contribution is 0.0457. The summed E-state index contributed by atoms with van der Waals surface area (Å²) in [6.45, 7) is 12.1. The van der Waals surface area contributed by atoms with Crippen molar-refractivity contribution in [2.45, 2.75) is 58.7 Å². The standard InChI is InChI=1S/C16H28N4O/c1-5-21-14-6-8-20(9-7-14)15-17-10-13(11-18-15)12-19-16(2,3)4/h10-11,14,19H,5-9,12H2,1-4H3. The number of ether oxygens (including phenoxy) is 1. The summed E-state index contributed by atoms with van der Waals surface area (Å²) in [6.07, 6.45) is 6.38. The normalized spacial score (nSPS) is 17.2. The maximum absolute atomic E-state index is 5.67. The van der Waals surface area contributed by atoms with Crippen molar-refractivity contribution < 1.29 is 4.74 Å². The lowest BCUT2D eigenvalue weighted by Gasteiger charge is -2.31. The predicted octanol–water partition coefficient (Wildman–Crippen LogP) is 2.37. The van der Waals surface area contributed by atoms with Crippen LogP contribution < -0.4 is 10.2 Å². The third-order valence-electron chi connectivity index (χ3n) is 3.64. The van der Waals surface area contributed by atoms with Crippen LogP contribution in [0.1, 0.15) is 46.1 Å². The van der Waals surface area contributed by atoms with Crippen LogP contribution in [0, 0.1) is 0 Å². The topological polar surface area (TPSA) is 50.3 Å². The van der Waals surface area contributed by atoms with Gasteiger partial charge >= 0.3 is 0 Å². The van der Waals surface area contributed by atoms with Gasteiger partial charge in [0, 0.05) is 49.7 Å². The van der Waals surface area contributed by atoms with Crippen molar-refractivity contribution in [3.8, 4) is 0 Å². The average molecular weight is 292 g/mol. The third-order valence-corrected chi connectivity index (χ3v) is 3.64. The lowest BCUT2D eigenvalue weighted by atomic mass is 10.1. The smallest absolute Gasteiger partial charge is 0.225 e. The first-order valence-corrected chi connectivity index (χ1v) is 7.90. The Bertz CT molecular complexity index is 419. The molecule has 0 saturated carbocycles. The number of rotatable bonds is 5. The fraction of sp³-hybridized carbons (Fsp3) is 0.750. The fourth-order valence-electron chi connectivity index (χ4n) is 2.43. The Labute approximate surface area is 128 Å². The minimum atomic E-state index is 0.111. The Kier molecular flexibility index (Phi) is 5.53. The number of anilines is 1. The van der Waals surface area contributed by atoms with E-state index in [4.69, 9.17) is 4.74 Å². The van der Waals surface area contributed by atoms with Crippen LogP contribution in [0.15, 0.2) is 12.4 Å². The SMILES string of the molecule is CCOC1CCN(c2ncc(CNC(C)(C)C)cn2)CC1. The van der Waals surface area contributed by atoms with E-state index in [2.05, 4.69) is 47.9 Å². The molecule has 1 aliphatic rings. The third kappa shape index (κ3) is 5.25. The number of aromatic nitrogens is 2. The second kappa shape index (κ2) is 7.18. The molecule has 21 heavy (non-hydrogen) atoms. The molecular weight excluding hydrogens is 264 g/mol. The van der Waals surface area contributed by atoms with Gasteiger partial charge in [0.15, 0.2) is 0 Å². The van der Waals surface area contributed by atoms with Crippen LogP contribution in [0.25, 0.3) is 0 Å². The molecule has 1 N–H and O–H groups in total. The van der Waals surface area contributed by atoms with Crippen molar-refractivity contribution in [2.24, 2.45) is 0 Å². The number of nitrogens with one attached hydrogen (secondary N) is 1. The Hall–Kier alpha value is -1.20. The molecule has 0 unspecified atom stereocenters. The fourth-order valence-corrected chi connectivity index (χ4v) is 2.43. The van der Waals surface area contributed by atoms with Crippen molar-refractivity contribution >= 4 is 5.95 Å². The Morgan fingerprint density at radius 1 is 1.24 bits per heavy atom. The van der Waals surface area contributed by atoms with Gasteiger partial charge in [0.1, 0.15) is 0 Å². The molecule has 118 valence electrons. The molecule has 5 heteroatoms. The molecule has 1 aromatic heterocycles. The highest BCUT2D eigenvalue weighted by Crippen LogP contribution is 2.18. The van der Waals surface area contributed by atoms with Gasteiger partial charge < -0.3 is 15.0 Å². The molecule has 0 radical (unpaired) electrons. The van der Waals surface area contributed by atoms with Gasteiger partial charge in [0.05, 0.1) is 6.10 Å². The van der Waals surface area contributed by atoms with E-state index >= 15 is 0 Å². The van der Waals surface area contributed by atoms with Crippen molar-refractivity contribution in [3.63, 3.8) is 0 Å². The Morgan fingerprint density at radius 2 is 1.86 bits per heavy atom. The summed E-state index contributed by atoms with van der Waals surface area (Å²) in [5.41, 5.74) is 1.23.